The van der Waals surface area contributed by atoms with E-state index < -0.39 is 16.0 Å². The van der Waals surface area contributed by atoms with Gasteiger partial charge in [0.15, 0.2) is 0 Å². The highest BCUT2D eigenvalue weighted by molar-refractivity contribution is 7.89. The summed E-state index contributed by atoms with van der Waals surface area (Å²) in [5.74, 6) is -1.22. The SMILES string of the molecule is CCc1ccc(C(=O)O)cc1S(=O)(=O)N(CCO)CCO. The molecule has 0 amide bonds. The molecule has 0 aliphatic carbocycles. The summed E-state index contributed by atoms with van der Waals surface area (Å²) in [4.78, 5) is 10.9. The first-order chi connectivity index (χ1) is 9.88. The Hall–Kier alpha value is -1.48. The largest absolute Gasteiger partial charge is 0.478 e. The maximum Gasteiger partial charge on any atom is 0.335 e. The van der Waals surface area contributed by atoms with E-state index in [1.165, 1.54) is 12.1 Å². The van der Waals surface area contributed by atoms with Crippen molar-refractivity contribution in [1.29, 1.82) is 0 Å². The molecule has 8 heteroatoms. The lowest BCUT2D eigenvalue weighted by Gasteiger charge is -2.22. The number of carbonyl (C=O) groups is 1. The topological polar surface area (TPSA) is 115 Å². The lowest BCUT2D eigenvalue weighted by molar-refractivity contribution is 0.0696. The number of benzene rings is 1. The fraction of sp³-hybridized carbons (Fsp3) is 0.462. The van der Waals surface area contributed by atoms with Crippen LogP contribution in [0.3, 0.4) is 0 Å². The molecule has 21 heavy (non-hydrogen) atoms. The molecule has 0 aromatic heterocycles. The third-order valence-corrected chi connectivity index (χ3v) is 4.99. The van der Waals surface area contributed by atoms with E-state index in [4.69, 9.17) is 15.3 Å². The third kappa shape index (κ3) is 4.01. The molecule has 0 unspecified atom stereocenters. The summed E-state index contributed by atoms with van der Waals surface area (Å²) in [6.45, 7) is 0.655. The molecule has 0 bridgehead atoms. The van der Waals surface area contributed by atoms with Gasteiger partial charge in [0.25, 0.3) is 0 Å². The second kappa shape index (κ2) is 7.51. The van der Waals surface area contributed by atoms with Crippen molar-refractivity contribution < 1.29 is 28.5 Å². The van der Waals surface area contributed by atoms with Crippen molar-refractivity contribution in [2.45, 2.75) is 18.2 Å². The van der Waals surface area contributed by atoms with E-state index in [1.807, 2.05) is 0 Å². The number of hydrogen-bond acceptors (Lipinski definition) is 5. The van der Waals surface area contributed by atoms with Gasteiger partial charge >= 0.3 is 5.97 Å². The van der Waals surface area contributed by atoms with Crippen molar-refractivity contribution >= 4 is 16.0 Å². The molecular weight excluding hydrogens is 298 g/mol. The molecule has 3 N–H and O–H groups in total. The second-order valence-corrected chi connectivity index (χ2v) is 6.24. The summed E-state index contributed by atoms with van der Waals surface area (Å²) in [5.41, 5.74) is 0.361. The van der Waals surface area contributed by atoms with Crippen LogP contribution in [-0.4, -0.2) is 60.3 Å². The monoisotopic (exact) mass is 317 g/mol. The molecule has 0 fully saturated rings. The first-order valence-corrected chi connectivity index (χ1v) is 7.90. The lowest BCUT2D eigenvalue weighted by atomic mass is 10.1. The number of aryl methyl sites for hydroxylation is 1. The minimum Gasteiger partial charge on any atom is -0.478 e. The maximum atomic E-state index is 12.6. The van der Waals surface area contributed by atoms with Gasteiger partial charge in [-0.15, -0.1) is 0 Å². The van der Waals surface area contributed by atoms with Crippen molar-refractivity contribution in [3.63, 3.8) is 0 Å². The Kier molecular flexibility index (Phi) is 6.28. The number of aromatic carboxylic acids is 1. The van der Waals surface area contributed by atoms with Gasteiger partial charge in [-0.1, -0.05) is 13.0 Å². The summed E-state index contributed by atoms with van der Waals surface area (Å²) in [7, 11) is -3.97. The molecule has 0 saturated carbocycles. The molecule has 0 radical (unpaired) electrons. The van der Waals surface area contributed by atoms with Gasteiger partial charge in [0.2, 0.25) is 10.0 Å². The lowest BCUT2D eigenvalue weighted by Crippen LogP contribution is -2.36. The number of carboxylic acids is 1. The zero-order chi connectivity index (χ0) is 16.0. The summed E-state index contributed by atoms with van der Waals surface area (Å²) in [6.07, 6.45) is 0.417. The quantitative estimate of drug-likeness (QED) is 0.618. The Balaban J connectivity index is 3.39. The average molecular weight is 317 g/mol. The molecule has 1 aromatic rings. The summed E-state index contributed by atoms with van der Waals surface area (Å²) in [5, 5.41) is 26.9. The van der Waals surface area contributed by atoms with Gasteiger partial charge in [-0.25, -0.2) is 13.2 Å². The zero-order valence-corrected chi connectivity index (χ0v) is 12.5. The molecule has 118 valence electrons. The number of sulfonamides is 1. The Bertz CT molecular complexity index is 593. The van der Waals surface area contributed by atoms with Crippen LogP contribution in [0.4, 0.5) is 0 Å². The Labute approximate surface area is 123 Å². The molecule has 0 heterocycles. The van der Waals surface area contributed by atoms with Crippen LogP contribution in [0.25, 0.3) is 0 Å². The smallest absolute Gasteiger partial charge is 0.335 e. The average Bonchev–Trinajstić information content (AvgIpc) is 2.46. The normalized spacial score (nSPS) is 11.8. The number of carboxylic acid groups (broad SMARTS) is 1. The van der Waals surface area contributed by atoms with E-state index in [0.717, 1.165) is 10.4 Å². The minimum atomic E-state index is -3.97. The van der Waals surface area contributed by atoms with Gasteiger partial charge in [-0.3, -0.25) is 0 Å². The third-order valence-electron chi connectivity index (χ3n) is 3.01. The highest BCUT2D eigenvalue weighted by Crippen LogP contribution is 2.22. The van der Waals surface area contributed by atoms with E-state index in [2.05, 4.69) is 0 Å². The first kappa shape index (κ1) is 17.6. The summed E-state index contributed by atoms with van der Waals surface area (Å²) >= 11 is 0. The Morgan fingerprint density at radius 2 is 1.76 bits per heavy atom. The van der Waals surface area contributed by atoms with E-state index in [0.29, 0.717) is 12.0 Å². The predicted octanol–water partition coefficient (Wildman–Crippen LogP) is -0.0775. The van der Waals surface area contributed by atoms with Gasteiger partial charge < -0.3 is 15.3 Å². The van der Waals surface area contributed by atoms with E-state index in [-0.39, 0.29) is 36.8 Å². The molecule has 7 nitrogen and oxygen atoms in total. The second-order valence-electron chi connectivity index (χ2n) is 4.33. The van der Waals surface area contributed by atoms with E-state index in [1.54, 1.807) is 6.92 Å². The molecule has 1 aromatic carbocycles. The van der Waals surface area contributed by atoms with Gasteiger partial charge in [0.05, 0.1) is 23.7 Å². The predicted molar refractivity (Wildman–Crippen MR) is 75.7 cm³/mol. The zero-order valence-electron chi connectivity index (χ0n) is 11.7. The van der Waals surface area contributed by atoms with Gasteiger partial charge in [-0.05, 0) is 24.1 Å². The molecule has 0 atom stereocenters. The molecule has 1 rings (SSSR count). The Morgan fingerprint density at radius 1 is 1.19 bits per heavy atom. The fourth-order valence-electron chi connectivity index (χ4n) is 1.93. The minimum absolute atomic E-state index is 0.105. The van der Waals surface area contributed by atoms with Crippen molar-refractivity contribution in [2.24, 2.45) is 0 Å². The fourth-order valence-corrected chi connectivity index (χ4v) is 3.68. The van der Waals surface area contributed by atoms with E-state index in [9.17, 15) is 13.2 Å². The van der Waals surface area contributed by atoms with Crippen LogP contribution in [-0.2, 0) is 16.4 Å². The molecule has 0 spiro atoms. The number of hydrogen-bond donors (Lipinski definition) is 3. The van der Waals surface area contributed by atoms with Crippen LogP contribution >= 0.6 is 0 Å². The van der Waals surface area contributed by atoms with Crippen molar-refractivity contribution in [1.82, 2.24) is 4.31 Å². The van der Waals surface area contributed by atoms with Crippen molar-refractivity contribution in [3.8, 4) is 0 Å². The van der Waals surface area contributed by atoms with Gasteiger partial charge in [0, 0.05) is 13.1 Å². The van der Waals surface area contributed by atoms with Crippen LogP contribution in [0.1, 0.15) is 22.8 Å². The molecule has 0 aliphatic heterocycles. The summed E-state index contributed by atoms with van der Waals surface area (Å²) in [6, 6.07) is 3.92. The van der Waals surface area contributed by atoms with Crippen LogP contribution in [0, 0.1) is 0 Å². The van der Waals surface area contributed by atoms with Crippen LogP contribution in [0.5, 0.6) is 0 Å². The molecule has 0 aliphatic rings. The van der Waals surface area contributed by atoms with Gasteiger partial charge in [-0.2, -0.15) is 4.31 Å². The Morgan fingerprint density at radius 3 is 2.19 bits per heavy atom. The van der Waals surface area contributed by atoms with Crippen molar-refractivity contribution in [2.75, 3.05) is 26.3 Å². The van der Waals surface area contributed by atoms with Gasteiger partial charge in [0.1, 0.15) is 0 Å². The highest BCUT2D eigenvalue weighted by Gasteiger charge is 2.26. The van der Waals surface area contributed by atoms with Crippen LogP contribution < -0.4 is 0 Å². The molecular formula is C13H19NO6S. The van der Waals surface area contributed by atoms with Crippen LogP contribution in [0.2, 0.25) is 0 Å². The first-order valence-electron chi connectivity index (χ1n) is 6.46. The molecule has 0 saturated heterocycles. The van der Waals surface area contributed by atoms with E-state index >= 15 is 0 Å². The number of nitrogens with zero attached hydrogens (tertiary/aromatic N) is 1. The summed E-state index contributed by atoms with van der Waals surface area (Å²) < 4.78 is 26.1. The maximum absolute atomic E-state index is 12.6. The number of rotatable bonds is 8. The number of aliphatic hydroxyl groups is 2. The van der Waals surface area contributed by atoms with Crippen LogP contribution in [0.15, 0.2) is 23.1 Å². The number of aliphatic hydroxyl groups excluding tert-OH is 2. The van der Waals surface area contributed by atoms with Crippen molar-refractivity contribution in [3.05, 3.63) is 29.3 Å². The highest BCUT2D eigenvalue weighted by atomic mass is 32.2. The standard InChI is InChI=1S/C13H19NO6S/c1-2-10-3-4-11(13(17)18)9-12(10)21(19,20)14(5-7-15)6-8-16/h3-4,9,15-16H,2,5-8H2,1H3,(H,17,18).